The van der Waals surface area contributed by atoms with Crippen molar-refractivity contribution in [1.82, 2.24) is 15.5 Å². The van der Waals surface area contributed by atoms with E-state index in [-0.39, 0.29) is 11.7 Å². The highest BCUT2D eigenvalue weighted by molar-refractivity contribution is 7.99. The molecule has 0 spiro atoms. The normalized spacial score (nSPS) is 23.0. The number of aliphatic imine (C=N–C) groups is 1. The molecule has 1 aliphatic carbocycles. The molecule has 2 aliphatic rings. The van der Waals surface area contributed by atoms with Crippen molar-refractivity contribution in [3.63, 3.8) is 0 Å². The molecule has 1 amide bonds. The lowest BCUT2D eigenvalue weighted by Crippen LogP contribution is -2.47. The molecular formula is C21H30ClFN4OS. The van der Waals surface area contributed by atoms with Crippen LogP contribution < -0.4 is 10.6 Å². The first-order chi connectivity index (χ1) is 14.1. The summed E-state index contributed by atoms with van der Waals surface area (Å²) in [5.74, 6) is 3.08. The van der Waals surface area contributed by atoms with Crippen LogP contribution in [0.5, 0.6) is 0 Å². The van der Waals surface area contributed by atoms with E-state index in [4.69, 9.17) is 11.6 Å². The zero-order valence-electron chi connectivity index (χ0n) is 16.9. The smallest absolute Gasteiger partial charge is 0.225 e. The van der Waals surface area contributed by atoms with Gasteiger partial charge < -0.3 is 15.5 Å². The number of carbonyl (C=O) groups is 1. The van der Waals surface area contributed by atoms with E-state index in [1.54, 1.807) is 13.1 Å². The van der Waals surface area contributed by atoms with Gasteiger partial charge in [0.15, 0.2) is 5.96 Å². The Morgan fingerprint density at radius 3 is 2.66 bits per heavy atom. The Bertz CT molecular complexity index is 719. The van der Waals surface area contributed by atoms with Gasteiger partial charge in [-0.25, -0.2) is 4.39 Å². The molecular weight excluding hydrogens is 411 g/mol. The van der Waals surface area contributed by atoms with Crippen LogP contribution in [-0.4, -0.2) is 61.0 Å². The third-order valence-electron chi connectivity index (χ3n) is 5.67. The summed E-state index contributed by atoms with van der Waals surface area (Å²) < 4.78 is 13.1. The largest absolute Gasteiger partial charge is 0.356 e. The molecule has 1 saturated heterocycles. The van der Waals surface area contributed by atoms with Crippen molar-refractivity contribution in [2.24, 2.45) is 10.9 Å². The molecule has 2 fully saturated rings. The number of hydrogen-bond donors (Lipinski definition) is 2. The van der Waals surface area contributed by atoms with Crippen LogP contribution in [0.1, 0.15) is 31.2 Å². The monoisotopic (exact) mass is 440 g/mol. The van der Waals surface area contributed by atoms with Crippen molar-refractivity contribution in [3.05, 3.63) is 34.6 Å². The van der Waals surface area contributed by atoms with Gasteiger partial charge in [0.05, 0.1) is 0 Å². The molecule has 29 heavy (non-hydrogen) atoms. The molecule has 1 aliphatic heterocycles. The zero-order valence-corrected chi connectivity index (χ0v) is 18.5. The van der Waals surface area contributed by atoms with Crippen LogP contribution >= 0.6 is 23.4 Å². The molecule has 0 bridgehead atoms. The maximum absolute atomic E-state index is 13.1. The summed E-state index contributed by atoms with van der Waals surface area (Å²) in [6.07, 6.45) is 4.51. The van der Waals surface area contributed by atoms with Gasteiger partial charge in [-0.15, -0.1) is 0 Å². The van der Waals surface area contributed by atoms with Gasteiger partial charge in [0.25, 0.3) is 0 Å². The minimum absolute atomic E-state index is 0.173. The molecule has 160 valence electrons. The van der Waals surface area contributed by atoms with Gasteiger partial charge in [-0.2, -0.15) is 11.8 Å². The highest BCUT2D eigenvalue weighted by Gasteiger charge is 2.30. The van der Waals surface area contributed by atoms with Gasteiger partial charge in [-0.3, -0.25) is 9.79 Å². The van der Waals surface area contributed by atoms with Crippen LogP contribution in [0, 0.1) is 11.7 Å². The predicted octanol–water partition coefficient (Wildman–Crippen LogP) is 3.32. The molecule has 5 nitrogen and oxygen atoms in total. The summed E-state index contributed by atoms with van der Waals surface area (Å²) in [5.41, 5.74) is 0.908. The van der Waals surface area contributed by atoms with E-state index in [1.165, 1.54) is 12.1 Å². The minimum atomic E-state index is -0.322. The van der Waals surface area contributed by atoms with Crippen molar-refractivity contribution in [2.75, 3.05) is 38.2 Å². The Kier molecular flexibility index (Phi) is 8.48. The third kappa shape index (κ3) is 6.51. The minimum Gasteiger partial charge on any atom is -0.356 e. The van der Waals surface area contributed by atoms with Gasteiger partial charge >= 0.3 is 0 Å². The van der Waals surface area contributed by atoms with Crippen LogP contribution in [0.2, 0.25) is 5.02 Å². The number of amides is 1. The number of hydrogen-bond acceptors (Lipinski definition) is 3. The standard InChI is InChI=1S/C21H30ClFN4OS/c1-24-21(25-9-8-15-2-5-17(23)14-19(15)22)26-18-6-3-16(4-7-18)20(28)27-10-12-29-13-11-27/h2,5,14,16,18H,3-4,6-13H2,1H3,(H2,24,25,26). The summed E-state index contributed by atoms with van der Waals surface area (Å²) in [4.78, 5) is 19.0. The zero-order chi connectivity index (χ0) is 20.6. The number of rotatable bonds is 5. The van der Waals surface area contributed by atoms with Gasteiger partial charge in [0.1, 0.15) is 5.82 Å². The fourth-order valence-corrected chi connectivity index (χ4v) is 5.12. The number of thioether (sulfide) groups is 1. The maximum Gasteiger partial charge on any atom is 0.225 e. The van der Waals surface area contributed by atoms with Gasteiger partial charge in [0.2, 0.25) is 5.91 Å². The first-order valence-corrected chi connectivity index (χ1v) is 11.9. The van der Waals surface area contributed by atoms with E-state index in [2.05, 4.69) is 20.5 Å². The first-order valence-electron chi connectivity index (χ1n) is 10.3. The Morgan fingerprint density at radius 2 is 2.00 bits per heavy atom. The fraction of sp³-hybridized carbons (Fsp3) is 0.619. The maximum atomic E-state index is 13.1. The molecule has 1 aromatic rings. The second-order valence-corrected chi connectivity index (χ2v) is 9.25. The number of nitrogens with one attached hydrogen (secondary N) is 2. The van der Waals surface area contributed by atoms with Crippen LogP contribution in [0.15, 0.2) is 23.2 Å². The number of nitrogens with zero attached hydrogens (tertiary/aromatic N) is 2. The van der Waals surface area contributed by atoms with Crippen molar-refractivity contribution in [3.8, 4) is 0 Å². The highest BCUT2D eigenvalue weighted by Crippen LogP contribution is 2.27. The molecule has 0 aromatic heterocycles. The lowest BCUT2D eigenvalue weighted by Gasteiger charge is -2.34. The third-order valence-corrected chi connectivity index (χ3v) is 6.96. The van der Waals surface area contributed by atoms with E-state index in [0.717, 1.165) is 61.8 Å². The number of carbonyl (C=O) groups excluding carboxylic acids is 1. The molecule has 1 heterocycles. The average Bonchev–Trinajstić information content (AvgIpc) is 2.75. The molecule has 0 unspecified atom stereocenters. The summed E-state index contributed by atoms with van der Waals surface area (Å²) in [6.45, 7) is 2.46. The van der Waals surface area contributed by atoms with Gasteiger partial charge in [-0.05, 0) is 49.8 Å². The van der Waals surface area contributed by atoms with E-state index in [9.17, 15) is 9.18 Å². The molecule has 1 aromatic carbocycles. The highest BCUT2D eigenvalue weighted by atomic mass is 35.5. The first kappa shape index (κ1) is 22.2. The fourth-order valence-electron chi connectivity index (χ4n) is 3.95. The number of benzene rings is 1. The van der Waals surface area contributed by atoms with Crippen molar-refractivity contribution in [2.45, 2.75) is 38.1 Å². The Balaban J connectivity index is 1.39. The molecule has 2 N–H and O–H groups in total. The topological polar surface area (TPSA) is 56.7 Å². The molecule has 8 heteroatoms. The number of guanidine groups is 1. The summed E-state index contributed by atoms with van der Waals surface area (Å²) >= 11 is 8.01. The second-order valence-electron chi connectivity index (χ2n) is 7.62. The Labute approximate surface area is 181 Å². The van der Waals surface area contributed by atoms with Crippen LogP contribution in [0.25, 0.3) is 0 Å². The van der Waals surface area contributed by atoms with E-state index in [0.29, 0.717) is 29.9 Å². The molecule has 0 atom stereocenters. The van der Waals surface area contributed by atoms with Crippen LogP contribution in [0.4, 0.5) is 4.39 Å². The van der Waals surface area contributed by atoms with Crippen molar-refractivity contribution < 1.29 is 9.18 Å². The summed E-state index contributed by atoms with van der Waals surface area (Å²) in [7, 11) is 1.75. The van der Waals surface area contributed by atoms with Crippen LogP contribution in [0.3, 0.4) is 0 Å². The van der Waals surface area contributed by atoms with E-state index < -0.39 is 0 Å². The molecule has 0 radical (unpaired) electrons. The van der Waals surface area contributed by atoms with E-state index >= 15 is 0 Å². The molecule has 1 saturated carbocycles. The lowest BCUT2D eigenvalue weighted by atomic mass is 9.85. The average molecular weight is 441 g/mol. The SMILES string of the molecule is CN=C(NCCc1ccc(F)cc1Cl)NC1CCC(C(=O)N2CCSCC2)CC1. The van der Waals surface area contributed by atoms with E-state index in [1.807, 2.05) is 11.8 Å². The number of halogens is 2. The van der Waals surface area contributed by atoms with Gasteiger partial charge in [0, 0.05) is 55.2 Å². The van der Waals surface area contributed by atoms with Crippen molar-refractivity contribution >= 4 is 35.2 Å². The molecule has 3 rings (SSSR count). The van der Waals surface area contributed by atoms with Crippen molar-refractivity contribution in [1.29, 1.82) is 0 Å². The quantitative estimate of drug-likeness (QED) is 0.544. The Hall–Kier alpha value is -1.47. The van der Waals surface area contributed by atoms with Gasteiger partial charge in [-0.1, -0.05) is 17.7 Å². The second kappa shape index (κ2) is 11.1. The van der Waals surface area contributed by atoms with Crippen LogP contribution in [-0.2, 0) is 11.2 Å². The summed E-state index contributed by atoms with van der Waals surface area (Å²) in [5, 5.41) is 7.22. The lowest BCUT2D eigenvalue weighted by molar-refractivity contribution is -0.136. The predicted molar refractivity (Wildman–Crippen MR) is 119 cm³/mol. The Morgan fingerprint density at radius 1 is 1.28 bits per heavy atom. The summed E-state index contributed by atoms with van der Waals surface area (Å²) in [6, 6.07) is 4.81.